The monoisotopic (exact) mass is 432 g/mol. The summed E-state index contributed by atoms with van der Waals surface area (Å²) < 4.78 is 18.5. The van der Waals surface area contributed by atoms with E-state index >= 15 is 0 Å². The van der Waals surface area contributed by atoms with Crippen molar-refractivity contribution in [3.63, 3.8) is 0 Å². The van der Waals surface area contributed by atoms with Crippen LogP contribution in [0, 0.1) is 5.82 Å². The van der Waals surface area contributed by atoms with E-state index in [1.165, 1.54) is 31.4 Å². The van der Waals surface area contributed by atoms with Gasteiger partial charge in [-0.3, -0.25) is 10.1 Å². The molecule has 0 saturated heterocycles. The number of carbonyl (C=O) groups is 2. The van der Waals surface area contributed by atoms with E-state index in [-0.39, 0.29) is 21.4 Å². The number of hydrogen-bond donors (Lipinski definition) is 2. The van der Waals surface area contributed by atoms with E-state index in [9.17, 15) is 14.0 Å². The van der Waals surface area contributed by atoms with Gasteiger partial charge in [0.05, 0.1) is 22.7 Å². The third-order valence-electron chi connectivity index (χ3n) is 4.03. The van der Waals surface area contributed by atoms with Gasteiger partial charge in [-0.2, -0.15) is 0 Å². The number of urea groups is 1. The van der Waals surface area contributed by atoms with Crippen LogP contribution in [0.3, 0.4) is 0 Å². The van der Waals surface area contributed by atoms with Gasteiger partial charge in [-0.15, -0.1) is 0 Å². The topological polar surface area (TPSA) is 67.4 Å². The van der Waals surface area contributed by atoms with Crippen molar-refractivity contribution in [2.75, 3.05) is 12.4 Å². The van der Waals surface area contributed by atoms with Crippen molar-refractivity contribution < 1.29 is 18.7 Å². The maximum atomic E-state index is 13.1. The molecule has 8 heteroatoms. The van der Waals surface area contributed by atoms with Crippen LogP contribution >= 0.6 is 23.2 Å². The Labute approximate surface area is 176 Å². The summed E-state index contributed by atoms with van der Waals surface area (Å²) >= 11 is 12.0. The Morgan fingerprint density at radius 1 is 0.966 bits per heavy atom. The molecule has 0 spiro atoms. The van der Waals surface area contributed by atoms with E-state index in [0.29, 0.717) is 11.4 Å². The molecule has 0 heterocycles. The third-order valence-corrected chi connectivity index (χ3v) is 4.66. The highest BCUT2D eigenvalue weighted by atomic mass is 35.5. The summed E-state index contributed by atoms with van der Waals surface area (Å²) in [5.74, 6) is -0.603. The van der Waals surface area contributed by atoms with Crippen LogP contribution in [-0.4, -0.2) is 19.0 Å². The number of benzene rings is 3. The second kappa shape index (κ2) is 8.94. The molecule has 0 unspecified atom stereocenters. The first-order valence-corrected chi connectivity index (χ1v) is 9.15. The fraction of sp³-hybridized carbons (Fsp3) is 0.0476. The molecule has 3 amide bonds. The van der Waals surface area contributed by atoms with Crippen LogP contribution < -0.4 is 15.4 Å². The second-order valence-corrected chi connectivity index (χ2v) is 6.74. The molecule has 0 aliphatic rings. The van der Waals surface area contributed by atoms with Crippen LogP contribution in [0.1, 0.15) is 10.4 Å². The lowest BCUT2D eigenvalue weighted by molar-refractivity contribution is 0.0967. The number of hydrogen-bond acceptors (Lipinski definition) is 3. The molecule has 3 aromatic rings. The Bertz CT molecular complexity index is 1050. The van der Waals surface area contributed by atoms with Gasteiger partial charge in [-0.25, -0.2) is 9.18 Å². The standard InChI is InChI=1S/C21H15Cl2FN2O3/c1-29-18-11-14(9-10-15(18)12-5-7-13(24)8-6-12)25-21(28)26-20(27)19-16(22)3-2-4-17(19)23/h2-11H,1H3,(H2,25,26,27,28). The van der Waals surface area contributed by atoms with E-state index in [1.807, 2.05) is 0 Å². The summed E-state index contributed by atoms with van der Waals surface area (Å²) in [5.41, 5.74) is 1.87. The molecule has 148 valence electrons. The van der Waals surface area contributed by atoms with Gasteiger partial charge >= 0.3 is 6.03 Å². The largest absolute Gasteiger partial charge is 0.496 e. The fourth-order valence-corrected chi connectivity index (χ4v) is 3.25. The van der Waals surface area contributed by atoms with Crippen LogP contribution in [0.5, 0.6) is 5.75 Å². The normalized spacial score (nSPS) is 10.3. The van der Waals surface area contributed by atoms with E-state index < -0.39 is 11.9 Å². The molecule has 3 aromatic carbocycles. The summed E-state index contributed by atoms with van der Waals surface area (Å²) in [5, 5.41) is 4.99. The molecule has 2 N–H and O–H groups in total. The van der Waals surface area contributed by atoms with Crippen molar-refractivity contribution in [1.29, 1.82) is 0 Å². The Hall–Kier alpha value is -3.09. The number of imide groups is 1. The molecule has 0 aliphatic heterocycles. The molecule has 5 nitrogen and oxygen atoms in total. The average Bonchev–Trinajstić information content (AvgIpc) is 2.68. The van der Waals surface area contributed by atoms with Crippen LogP contribution in [0.15, 0.2) is 60.7 Å². The number of ether oxygens (including phenoxy) is 1. The smallest absolute Gasteiger partial charge is 0.326 e. The van der Waals surface area contributed by atoms with Crippen LogP contribution in [-0.2, 0) is 0 Å². The molecular formula is C21H15Cl2FN2O3. The Morgan fingerprint density at radius 3 is 2.24 bits per heavy atom. The second-order valence-electron chi connectivity index (χ2n) is 5.93. The zero-order valence-electron chi connectivity index (χ0n) is 15.1. The number of rotatable bonds is 4. The maximum Gasteiger partial charge on any atom is 0.326 e. The van der Waals surface area contributed by atoms with Gasteiger partial charge in [0.15, 0.2) is 0 Å². The highest BCUT2D eigenvalue weighted by molar-refractivity contribution is 6.40. The number of nitrogens with one attached hydrogen (secondary N) is 2. The molecule has 0 bridgehead atoms. The molecule has 0 radical (unpaired) electrons. The van der Waals surface area contributed by atoms with Gasteiger partial charge in [-0.05, 0) is 42.0 Å². The van der Waals surface area contributed by atoms with E-state index in [4.69, 9.17) is 27.9 Å². The van der Waals surface area contributed by atoms with Crippen LogP contribution in [0.25, 0.3) is 11.1 Å². The maximum absolute atomic E-state index is 13.1. The Kier molecular flexibility index (Phi) is 6.36. The van der Waals surface area contributed by atoms with Crippen LogP contribution in [0.4, 0.5) is 14.9 Å². The molecule has 0 aliphatic carbocycles. The van der Waals surface area contributed by atoms with Crippen molar-refractivity contribution in [3.8, 4) is 16.9 Å². The lowest BCUT2D eigenvalue weighted by Gasteiger charge is -2.13. The van der Waals surface area contributed by atoms with Gasteiger partial charge in [0.2, 0.25) is 0 Å². The first-order chi connectivity index (χ1) is 13.9. The van der Waals surface area contributed by atoms with Gasteiger partial charge in [0.25, 0.3) is 5.91 Å². The minimum absolute atomic E-state index is 0.00946. The number of carbonyl (C=O) groups excluding carboxylic acids is 2. The SMILES string of the molecule is COc1cc(NC(=O)NC(=O)c2c(Cl)cccc2Cl)ccc1-c1ccc(F)cc1. The summed E-state index contributed by atoms with van der Waals surface area (Å²) in [7, 11) is 1.48. The predicted molar refractivity (Wildman–Crippen MR) is 111 cm³/mol. The molecule has 3 rings (SSSR count). The summed E-state index contributed by atoms with van der Waals surface area (Å²) in [4.78, 5) is 24.5. The number of methoxy groups -OCH3 is 1. The van der Waals surface area contributed by atoms with E-state index in [1.54, 1.807) is 36.4 Å². The van der Waals surface area contributed by atoms with Crippen molar-refractivity contribution in [3.05, 3.63) is 82.1 Å². The van der Waals surface area contributed by atoms with Gasteiger partial charge in [0.1, 0.15) is 11.6 Å². The predicted octanol–water partition coefficient (Wildman–Crippen LogP) is 5.77. The van der Waals surface area contributed by atoms with Crippen molar-refractivity contribution >= 4 is 40.8 Å². The average molecular weight is 433 g/mol. The highest BCUT2D eigenvalue weighted by Gasteiger charge is 2.17. The molecular weight excluding hydrogens is 418 g/mol. The zero-order chi connectivity index (χ0) is 21.0. The van der Waals surface area contributed by atoms with Crippen LogP contribution in [0.2, 0.25) is 10.0 Å². The van der Waals surface area contributed by atoms with Gasteiger partial charge in [-0.1, -0.05) is 41.4 Å². The van der Waals surface area contributed by atoms with Crippen molar-refractivity contribution in [2.24, 2.45) is 0 Å². The number of halogens is 3. The lowest BCUT2D eigenvalue weighted by Crippen LogP contribution is -2.34. The van der Waals surface area contributed by atoms with Crippen molar-refractivity contribution in [2.45, 2.75) is 0 Å². The summed E-state index contributed by atoms with van der Waals surface area (Å²) in [6, 6.07) is 14.7. The first kappa shape index (κ1) is 20.6. The molecule has 0 saturated carbocycles. The van der Waals surface area contributed by atoms with Gasteiger partial charge < -0.3 is 10.1 Å². The highest BCUT2D eigenvalue weighted by Crippen LogP contribution is 2.32. The summed E-state index contributed by atoms with van der Waals surface area (Å²) in [6.45, 7) is 0. The lowest BCUT2D eigenvalue weighted by atomic mass is 10.0. The molecule has 29 heavy (non-hydrogen) atoms. The molecule has 0 fully saturated rings. The first-order valence-electron chi connectivity index (χ1n) is 8.39. The fourth-order valence-electron chi connectivity index (χ4n) is 2.68. The van der Waals surface area contributed by atoms with E-state index in [2.05, 4.69) is 10.6 Å². The minimum Gasteiger partial charge on any atom is -0.496 e. The zero-order valence-corrected chi connectivity index (χ0v) is 16.6. The number of anilines is 1. The van der Waals surface area contributed by atoms with E-state index in [0.717, 1.165) is 11.1 Å². The molecule has 0 atom stereocenters. The Morgan fingerprint density at radius 2 is 1.62 bits per heavy atom. The van der Waals surface area contributed by atoms with Gasteiger partial charge in [0, 0.05) is 17.3 Å². The van der Waals surface area contributed by atoms with Crippen molar-refractivity contribution in [1.82, 2.24) is 5.32 Å². The Balaban J connectivity index is 1.75. The third kappa shape index (κ3) is 4.85. The molecule has 0 aromatic heterocycles. The minimum atomic E-state index is -0.762. The summed E-state index contributed by atoms with van der Waals surface area (Å²) in [6.07, 6.45) is 0. The quantitative estimate of drug-likeness (QED) is 0.549. The number of amides is 3.